The van der Waals surface area contributed by atoms with Crippen molar-refractivity contribution >= 4 is 34.7 Å². The summed E-state index contributed by atoms with van der Waals surface area (Å²) in [4.78, 5) is 16.0. The molecule has 0 atom stereocenters. The van der Waals surface area contributed by atoms with Gasteiger partial charge in [0.05, 0.1) is 10.7 Å². The van der Waals surface area contributed by atoms with Gasteiger partial charge in [-0.3, -0.25) is 0 Å². The number of hydrogen-bond donors (Lipinski definition) is 2. The van der Waals surface area contributed by atoms with Crippen molar-refractivity contribution in [1.82, 2.24) is 10.3 Å². The number of rotatable bonds is 5. The molecule has 0 saturated heterocycles. The monoisotopic (exact) mass is 359 g/mol. The van der Waals surface area contributed by atoms with Crippen molar-refractivity contribution in [2.75, 3.05) is 5.32 Å². The summed E-state index contributed by atoms with van der Waals surface area (Å²) in [5.74, 6) is 0.703. The predicted octanol–water partition coefficient (Wildman–Crippen LogP) is 4.91. The molecule has 3 aromatic rings. The summed E-state index contributed by atoms with van der Waals surface area (Å²) >= 11 is 7.43. The molecular formula is C17H14ClN3O2S. The molecule has 0 aliphatic carbocycles. The third-order valence-corrected chi connectivity index (χ3v) is 4.09. The Morgan fingerprint density at radius 3 is 2.67 bits per heavy atom. The number of carbonyl (C=O) groups is 1. The molecule has 1 heterocycles. The van der Waals surface area contributed by atoms with Gasteiger partial charge in [0.25, 0.3) is 5.19 Å². The first-order valence-corrected chi connectivity index (χ1v) is 8.42. The van der Waals surface area contributed by atoms with Gasteiger partial charge in [0.1, 0.15) is 5.75 Å². The highest BCUT2D eigenvalue weighted by Crippen LogP contribution is 2.23. The third-order valence-electron chi connectivity index (χ3n) is 3.11. The van der Waals surface area contributed by atoms with Gasteiger partial charge < -0.3 is 15.4 Å². The minimum absolute atomic E-state index is 0.314. The zero-order valence-electron chi connectivity index (χ0n) is 12.5. The fourth-order valence-corrected chi connectivity index (χ4v) is 2.64. The Bertz CT molecular complexity index is 807. The van der Waals surface area contributed by atoms with Crippen LogP contribution in [0.15, 0.2) is 60.1 Å². The van der Waals surface area contributed by atoms with Gasteiger partial charge in [0.15, 0.2) is 0 Å². The average molecular weight is 360 g/mol. The van der Waals surface area contributed by atoms with Crippen molar-refractivity contribution in [1.29, 1.82) is 0 Å². The molecule has 2 amide bonds. The Balaban J connectivity index is 1.51. The first-order chi connectivity index (χ1) is 11.7. The number of benzene rings is 2. The highest BCUT2D eigenvalue weighted by atomic mass is 35.5. The van der Waals surface area contributed by atoms with Crippen LogP contribution in [0.25, 0.3) is 0 Å². The van der Waals surface area contributed by atoms with E-state index in [1.54, 1.807) is 24.4 Å². The number of nitrogens with zero attached hydrogens (tertiary/aromatic N) is 1. The molecule has 122 valence electrons. The standard InChI is InChI=1S/C17H14ClN3O2S/c18-14-3-1-2-4-15(14)21-16(22)20-11-12-5-7-13(8-6-12)23-17-19-9-10-24-17/h1-10H,11H2,(H2,20,21,22). The molecule has 2 N–H and O–H groups in total. The number of amides is 2. The van der Waals surface area contributed by atoms with E-state index in [9.17, 15) is 4.79 Å². The fourth-order valence-electron chi connectivity index (χ4n) is 1.95. The van der Waals surface area contributed by atoms with E-state index in [2.05, 4.69) is 15.6 Å². The molecule has 7 heteroatoms. The number of halogens is 1. The van der Waals surface area contributed by atoms with Crippen molar-refractivity contribution in [3.63, 3.8) is 0 Å². The van der Waals surface area contributed by atoms with E-state index in [4.69, 9.17) is 16.3 Å². The topological polar surface area (TPSA) is 63.2 Å². The minimum atomic E-state index is -0.314. The van der Waals surface area contributed by atoms with E-state index in [1.165, 1.54) is 11.3 Å². The molecule has 0 bridgehead atoms. The van der Waals surface area contributed by atoms with Gasteiger partial charge >= 0.3 is 6.03 Å². The van der Waals surface area contributed by atoms with Gasteiger partial charge in [-0.25, -0.2) is 9.78 Å². The number of ether oxygens (including phenoxy) is 1. The largest absolute Gasteiger partial charge is 0.431 e. The van der Waals surface area contributed by atoms with Crippen molar-refractivity contribution in [3.05, 3.63) is 70.7 Å². The summed E-state index contributed by atoms with van der Waals surface area (Å²) in [7, 11) is 0. The average Bonchev–Trinajstić information content (AvgIpc) is 3.09. The fraction of sp³-hybridized carbons (Fsp3) is 0.0588. The van der Waals surface area contributed by atoms with Gasteiger partial charge in [0.2, 0.25) is 0 Å². The summed E-state index contributed by atoms with van der Waals surface area (Å²) in [6.45, 7) is 0.397. The van der Waals surface area contributed by atoms with Crippen molar-refractivity contribution < 1.29 is 9.53 Å². The maximum atomic E-state index is 11.9. The molecule has 2 aromatic carbocycles. The maximum absolute atomic E-state index is 11.9. The van der Waals surface area contributed by atoms with Crippen LogP contribution in [-0.4, -0.2) is 11.0 Å². The minimum Gasteiger partial charge on any atom is -0.431 e. The molecule has 0 aliphatic heterocycles. The summed E-state index contributed by atoms with van der Waals surface area (Å²) in [5, 5.41) is 8.43. The number of para-hydroxylation sites is 1. The lowest BCUT2D eigenvalue weighted by molar-refractivity contribution is 0.251. The molecule has 0 radical (unpaired) electrons. The van der Waals surface area contributed by atoms with Crippen LogP contribution in [0, 0.1) is 0 Å². The second kappa shape index (κ2) is 7.81. The van der Waals surface area contributed by atoms with Crippen LogP contribution in [0.5, 0.6) is 10.9 Å². The number of urea groups is 1. The normalized spacial score (nSPS) is 10.2. The highest BCUT2D eigenvalue weighted by Gasteiger charge is 2.05. The van der Waals surface area contributed by atoms with Crippen molar-refractivity contribution in [2.45, 2.75) is 6.54 Å². The molecular weight excluding hydrogens is 346 g/mol. The van der Waals surface area contributed by atoms with Gasteiger partial charge in [-0.2, -0.15) is 0 Å². The first-order valence-electron chi connectivity index (χ1n) is 7.16. The lowest BCUT2D eigenvalue weighted by Crippen LogP contribution is -2.28. The quantitative estimate of drug-likeness (QED) is 0.680. The van der Waals surface area contributed by atoms with Gasteiger partial charge in [0, 0.05) is 18.1 Å². The molecule has 0 fully saturated rings. The Kier molecular flexibility index (Phi) is 5.30. The molecule has 0 saturated carbocycles. The summed E-state index contributed by atoms with van der Waals surface area (Å²) in [6.07, 6.45) is 1.69. The summed E-state index contributed by atoms with van der Waals surface area (Å²) in [6, 6.07) is 14.2. The zero-order chi connectivity index (χ0) is 16.8. The number of carbonyl (C=O) groups excluding carboxylic acids is 1. The van der Waals surface area contributed by atoms with Crippen LogP contribution in [0.1, 0.15) is 5.56 Å². The van der Waals surface area contributed by atoms with Crippen LogP contribution < -0.4 is 15.4 Å². The number of nitrogens with one attached hydrogen (secondary N) is 2. The Morgan fingerprint density at radius 1 is 1.17 bits per heavy atom. The predicted molar refractivity (Wildman–Crippen MR) is 95.9 cm³/mol. The van der Waals surface area contributed by atoms with Crippen LogP contribution in [0.3, 0.4) is 0 Å². The van der Waals surface area contributed by atoms with Gasteiger partial charge in [-0.1, -0.05) is 47.2 Å². The SMILES string of the molecule is O=C(NCc1ccc(Oc2nccs2)cc1)Nc1ccccc1Cl. The number of anilines is 1. The van der Waals surface area contributed by atoms with E-state index in [-0.39, 0.29) is 6.03 Å². The lowest BCUT2D eigenvalue weighted by Gasteiger charge is -2.09. The summed E-state index contributed by atoms with van der Waals surface area (Å²) in [5.41, 5.74) is 1.53. The second-order valence-electron chi connectivity index (χ2n) is 4.83. The molecule has 24 heavy (non-hydrogen) atoms. The first kappa shape index (κ1) is 16.3. The second-order valence-corrected chi connectivity index (χ2v) is 6.10. The van der Waals surface area contributed by atoms with E-state index in [0.717, 1.165) is 5.56 Å². The Hall–Kier alpha value is -2.57. The zero-order valence-corrected chi connectivity index (χ0v) is 14.1. The molecule has 1 aromatic heterocycles. The Labute approximate surface area is 148 Å². The van der Waals surface area contributed by atoms with Crippen molar-refractivity contribution in [3.8, 4) is 10.9 Å². The third kappa shape index (κ3) is 4.47. The summed E-state index contributed by atoms with van der Waals surface area (Å²) < 4.78 is 5.58. The Morgan fingerprint density at radius 2 is 1.96 bits per heavy atom. The van der Waals surface area contributed by atoms with Crippen molar-refractivity contribution in [2.24, 2.45) is 0 Å². The number of thiazole rings is 1. The van der Waals surface area contributed by atoms with Gasteiger partial charge in [-0.15, -0.1) is 0 Å². The van der Waals surface area contributed by atoms with Crippen LogP contribution >= 0.6 is 22.9 Å². The van der Waals surface area contributed by atoms with Crippen LogP contribution in [0.4, 0.5) is 10.5 Å². The molecule has 3 rings (SSSR count). The van der Waals surface area contributed by atoms with E-state index in [0.29, 0.717) is 28.2 Å². The molecule has 5 nitrogen and oxygen atoms in total. The van der Waals surface area contributed by atoms with E-state index >= 15 is 0 Å². The molecule has 0 spiro atoms. The van der Waals surface area contributed by atoms with Gasteiger partial charge in [-0.05, 0) is 29.8 Å². The lowest BCUT2D eigenvalue weighted by atomic mass is 10.2. The van der Waals surface area contributed by atoms with Crippen LogP contribution in [0.2, 0.25) is 5.02 Å². The smallest absolute Gasteiger partial charge is 0.319 e. The highest BCUT2D eigenvalue weighted by molar-refractivity contribution is 7.11. The van der Waals surface area contributed by atoms with Crippen LogP contribution in [-0.2, 0) is 6.54 Å². The van der Waals surface area contributed by atoms with E-state index in [1.807, 2.05) is 35.7 Å². The van der Waals surface area contributed by atoms with E-state index < -0.39 is 0 Å². The maximum Gasteiger partial charge on any atom is 0.319 e. The number of aromatic nitrogens is 1. The molecule has 0 aliphatic rings. The number of hydrogen-bond acceptors (Lipinski definition) is 4. The molecule has 0 unspecified atom stereocenters.